The molecular formula is C10H6BrFN2O. The van der Waals surface area contributed by atoms with Gasteiger partial charge in [0, 0.05) is 11.8 Å². The molecule has 0 aliphatic carbocycles. The fourth-order valence-electron chi connectivity index (χ4n) is 1.17. The van der Waals surface area contributed by atoms with Crippen LogP contribution < -0.4 is 0 Å². The highest BCUT2D eigenvalue weighted by atomic mass is 79.9. The van der Waals surface area contributed by atoms with Crippen LogP contribution in [0, 0.1) is 5.82 Å². The Balaban J connectivity index is 2.36. The highest BCUT2D eigenvalue weighted by molar-refractivity contribution is 9.10. The summed E-state index contributed by atoms with van der Waals surface area (Å²) in [5.41, 5.74) is 0.269. The van der Waals surface area contributed by atoms with Gasteiger partial charge in [0.1, 0.15) is 5.82 Å². The molecule has 0 aliphatic heterocycles. The zero-order valence-corrected chi connectivity index (χ0v) is 9.11. The van der Waals surface area contributed by atoms with Gasteiger partial charge in [0.05, 0.1) is 10.7 Å². The molecule has 15 heavy (non-hydrogen) atoms. The molecule has 0 saturated carbocycles. The van der Waals surface area contributed by atoms with E-state index in [-0.39, 0.29) is 11.5 Å². The number of benzene rings is 1. The molecule has 0 unspecified atom stereocenters. The molecule has 0 saturated heterocycles. The molecule has 0 atom stereocenters. The summed E-state index contributed by atoms with van der Waals surface area (Å²) in [5.74, 6) is -0.799. The Labute approximate surface area is 93.7 Å². The minimum absolute atomic E-state index is 0.269. The predicted octanol–water partition coefficient (Wildman–Crippen LogP) is 2.47. The number of nitrogens with zero attached hydrogens (tertiary/aromatic N) is 2. The third-order valence-electron chi connectivity index (χ3n) is 1.83. The van der Waals surface area contributed by atoms with Gasteiger partial charge < -0.3 is 0 Å². The van der Waals surface area contributed by atoms with E-state index in [0.717, 1.165) is 4.68 Å². The molecule has 5 heteroatoms. The second-order valence-electron chi connectivity index (χ2n) is 2.92. The topological polar surface area (TPSA) is 34.9 Å². The quantitative estimate of drug-likeness (QED) is 0.797. The smallest absolute Gasteiger partial charge is 0.267 e. The number of carbonyl (C=O) groups excluding carboxylic acids is 1. The number of rotatable bonds is 1. The van der Waals surface area contributed by atoms with E-state index in [0.29, 0.717) is 4.47 Å². The van der Waals surface area contributed by atoms with Gasteiger partial charge in [0.25, 0.3) is 5.91 Å². The summed E-state index contributed by atoms with van der Waals surface area (Å²) in [6.45, 7) is 0. The Morgan fingerprint density at radius 3 is 2.87 bits per heavy atom. The van der Waals surface area contributed by atoms with Crippen LogP contribution in [0.2, 0.25) is 0 Å². The van der Waals surface area contributed by atoms with Crippen LogP contribution in [0.25, 0.3) is 0 Å². The lowest BCUT2D eigenvalue weighted by molar-refractivity contribution is 0.0944. The Hall–Kier alpha value is -1.49. The fourth-order valence-corrected chi connectivity index (χ4v) is 1.45. The normalized spacial score (nSPS) is 10.3. The lowest BCUT2D eigenvalue weighted by Crippen LogP contribution is -2.12. The first-order valence-corrected chi connectivity index (χ1v) is 4.96. The lowest BCUT2D eigenvalue weighted by atomic mass is 10.2. The van der Waals surface area contributed by atoms with Gasteiger partial charge in [0.2, 0.25) is 0 Å². The SMILES string of the molecule is O=C(c1cccc(F)c1)n1cc(Br)cn1. The maximum atomic E-state index is 12.9. The van der Waals surface area contributed by atoms with Crippen LogP contribution in [0.3, 0.4) is 0 Å². The van der Waals surface area contributed by atoms with Gasteiger partial charge in [-0.1, -0.05) is 6.07 Å². The second kappa shape index (κ2) is 3.94. The molecule has 0 bridgehead atoms. The lowest BCUT2D eigenvalue weighted by Gasteiger charge is -1.99. The molecule has 76 valence electrons. The Bertz CT molecular complexity index is 510. The van der Waals surface area contributed by atoms with Crippen LogP contribution >= 0.6 is 15.9 Å². The number of hydrogen-bond donors (Lipinski definition) is 0. The van der Waals surface area contributed by atoms with Gasteiger partial charge in [-0.3, -0.25) is 4.79 Å². The maximum Gasteiger partial charge on any atom is 0.278 e. The van der Waals surface area contributed by atoms with Crippen molar-refractivity contribution in [2.45, 2.75) is 0 Å². The molecule has 1 aromatic carbocycles. The predicted molar refractivity (Wildman–Crippen MR) is 56.1 cm³/mol. The molecule has 0 amide bonds. The largest absolute Gasteiger partial charge is 0.278 e. The standard InChI is InChI=1S/C10H6BrFN2O/c11-8-5-13-14(6-8)10(15)7-2-1-3-9(12)4-7/h1-6H. The highest BCUT2D eigenvalue weighted by Gasteiger charge is 2.09. The summed E-state index contributed by atoms with van der Waals surface area (Å²) < 4.78 is 14.7. The number of aromatic nitrogens is 2. The summed E-state index contributed by atoms with van der Waals surface area (Å²) in [6, 6.07) is 5.50. The first-order valence-electron chi connectivity index (χ1n) is 4.17. The molecule has 1 heterocycles. The molecule has 0 aliphatic rings. The average molecular weight is 269 g/mol. The number of hydrogen-bond acceptors (Lipinski definition) is 2. The maximum absolute atomic E-state index is 12.9. The molecule has 2 aromatic rings. The minimum atomic E-state index is -0.438. The third-order valence-corrected chi connectivity index (χ3v) is 2.24. The van der Waals surface area contributed by atoms with Crippen LogP contribution in [0.15, 0.2) is 41.1 Å². The van der Waals surface area contributed by atoms with Crippen molar-refractivity contribution in [2.24, 2.45) is 0 Å². The van der Waals surface area contributed by atoms with Gasteiger partial charge in [-0.2, -0.15) is 5.10 Å². The van der Waals surface area contributed by atoms with Crippen molar-refractivity contribution < 1.29 is 9.18 Å². The van der Waals surface area contributed by atoms with E-state index in [2.05, 4.69) is 21.0 Å². The Morgan fingerprint density at radius 2 is 2.27 bits per heavy atom. The van der Waals surface area contributed by atoms with E-state index in [1.807, 2.05) is 0 Å². The second-order valence-corrected chi connectivity index (χ2v) is 3.83. The molecular weight excluding hydrogens is 263 g/mol. The van der Waals surface area contributed by atoms with Crippen molar-refractivity contribution in [2.75, 3.05) is 0 Å². The molecule has 0 spiro atoms. The van der Waals surface area contributed by atoms with Crippen molar-refractivity contribution in [3.63, 3.8) is 0 Å². The van der Waals surface area contributed by atoms with Gasteiger partial charge in [-0.05, 0) is 34.1 Å². The van der Waals surface area contributed by atoms with Crippen molar-refractivity contribution >= 4 is 21.8 Å². The van der Waals surface area contributed by atoms with Crippen molar-refractivity contribution in [1.82, 2.24) is 9.78 Å². The van der Waals surface area contributed by atoms with Crippen LogP contribution in [0.1, 0.15) is 10.4 Å². The van der Waals surface area contributed by atoms with Crippen LogP contribution in [-0.4, -0.2) is 15.7 Å². The summed E-state index contributed by atoms with van der Waals surface area (Å²) >= 11 is 3.18. The van der Waals surface area contributed by atoms with E-state index >= 15 is 0 Å². The number of carbonyl (C=O) groups is 1. The van der Waals surface area contributed by atoms with Crippen molar-refractivity contribution in [3.8, 4) is 0 Å². The van der Waals surface area contributed by atoms with E-state index < -0.39 is 5.82 Å². The first-order chi connectivity index (χ1) is 7.16. The summed E-state index contributed by atoms with van der Waals surface area (Å²) in [6.07, 6.45) is 3.02. The zero-order chi connectivity index (χ0) is 10.8. The zero-order valence-electron chi connectivity index (χ0n) is 7.52. The van der Waals surface area contributed by atoms with Gasteiger partial charge >= 0.3 is 0 Å². The summed E-state index contributed by atoms with van der Waals surface area (Å²) in [4.78, 5) is 11.7. The molecule has 3 nitrogen and oxygen atoms in total. The van der Waals surface area contributed by atoms with E-state index in [1.165, 1.54) is 30.6 Å². The monoisotopic (exact) mass is 268 g/mol. The molecule has 2 rings (SSSR count). The highest BCUT2D eigenvalue weighted by Crippen LogP contribution is 2.09. The number of halogens is 2. The van der Waals surface area contributed by atoms with Gasteiger partial charge in [-0.25, -0.2) is 9.07 Å². The summed E-state index contributed by atoms with van der Waals surface area (Å²) in [5, 5.41) is 3.82. The van der Waals surface area contributed by atoms with Crippen molar-refractivity contribution in [1.29, 1.82) is 0 Å². The Kier molecular flexibility index (Phi) is 2.64. The third kappa shape index (κ3) is 2.12. The van der Waals surface area contributed by atoms with E-state index in [4.69, 9.17) is 0 Å². The molecule has 0 fully saturated rings. The molecule has 0 radical (unpaired) electrons. The van der Waals surface area contributed by atoms with E-state index in [9.17, 15) is 9.18 Å². The molecule has 1 aromatic heterocycles. The molecule has 0 N–H and O–H groups in total. The van der Waals surface area contributed by atoms with Crippen LogP contribution in [0.4, 0.5) is 4.39 Å². The Morgan fingerprint density at radius 1 is 1.47 bits per heavy atom. The van der Waals surface area contributed by atoms with Crippen LogP contribution in [0.5, 0.6) is 0 Å². The van der Waals surface area contributed by atoms with Gasteiger partial charge in [-0.15, -0.1) is 0 Å². The van der Waals surface area contributed by atoms with Crippen molar-refractivity contribution in [3.05, 3.63) is 52.5 Å². The minimum Gasteiger partial charge on any atom is -0.267 e. The van der Waals surface area contributed by atoms with Gasteiger partial charge in [0.15, 0.2) is 0 Å². The van der Waals surface area contributed by atoms with E-state index in [1.54, 1.807) is 6.07 Å². The average Bonchev–Trinajstić information content (AvgIpc) is 2.64. The first kappa shape index (κ1) is 10.0. The fraction of sp³-hybridized carbons (Fsp3) is 0. The summed E-state index contributed by atoms with van der Waals surface area (Å²) in [7, 11) is 0. The van der Waals surface area contributed by atoms with Crippen LogP contribution in [-0.2, 0) is 0 Å².